The van der Waals surface area contributed by atoms with Gasteiger partial charge < -0.3 is 14.2 Å². The number of aromatic nitrogens is 1. The molecule has 0 bridgehead atoms. The molecular formula is C24H22N2O5S2. The first-order chi connectivity index (χ1) is 16.0. The molecule has 0 amide bonds. The van der Waals surface area contributed by atoms with E-state index in [-0.39, 0.29) is 5.56 Å². The van der Waals surface area contributed by atoms with Crippen molar-refractivity contribution < 1.29 is 19.0 Å². The maximum absolute atomic E-state index is 13.5. The molecule has 9 heteroatoms. The second kappa shape index (κ2) is 9.60. The van der Waals surface area contributed by atoms with Crippen molar-refractivity contribution in [2.45, 2.75) is 13.0 Å². The van der Waals surface area contributed by atoms with Crippen molar-refractivity contribution in [3.05, 3.63) is 89.8 Å². The van der Waals surface area contributed by atoms with Gasteiger partial charge in [-0.2, -0.15) is 0 Å². The highest BCUT2D eigenvalue weighted by atomic mass is 32.1. The van der Waals surface area contributed by atoms with Crippen LogP contribution in [0.5, 0.6) is 11.5 Å². The molecule has 1 atom stereocenters. The zero-order valence-electron chi connectivity index (χ0n) is 18.4. The Labute approximate surface area is 198 Å². The molecule has 0 saturated carbocycles. The minimum atomic E-state index is -0.583. The number of hydrogen-bond donors (Lipinski definition) is 0. The standard InChI is InChI=1S/C24H22N2O5S2/c1-5-10-31-16-9-8-15(12-17(16)29-3)13-19-22(27)26-21(18-7-6-11-32-18)20(23(28)30-4)14(2)25-24(26)33-19/h5-9,11-13,21H,1,10H2,2-4H3/b19-13+/t21-/m1/s1. The number of thiazole rings is 1. The van der Waals surface area contributed by atoms with Crippen molar-refractivity contribution in [2.75, 3.05) is 20.8 Å². The average molecular weight is 483 g/mol. The number of methoxy groups -OCH3 is 2. The fraction of sp³-hybridized carbons (Fsp3) is 0.208. The predicted octanol–water partition coefficient (Wildman–Crippen LogP) is 3.04. The van der Waals surface area contributed by atoms with Crippen molar-refractivity contribution >= 4 is 34.7 Å². The Kier molecular flexibility index (Phi) is 6.62. The zero-order valence-corrected chi connectivity index (χ0v) is 20.0. The normalized spacial score (nSPS) is 15.6. The van der Waals surface area contributed by atoms with Gasteiger partial charge in [-0.05, 0) is 42.1 Å². The molecule has 4 rings (SSSR count). The van der Waals surface area contributed by atoms with Gasteiger partial charge in [0.2, 0.25) is 0 Å². The van der Waals surface area contributed by atoms with Gasteiger partial charge in [-0.1, -0.05) is 36.1 Å². The monoisotopic (exact) mass is 482 g/mol. The van der Waals surface area contributed by atoms with Crippen LogP contribution in [0.2, 0.25) is 0 Å². The molecule has 0 radical (unpaired) electrons. The molecule has 170 valence electrons. The molecular weight excluding hydrogens is 460 g/mol. The number of thiophene rings is 1. The molecule has 0 N–H and O–H groups in total. The number of carbonyl (C=O) groups excluding carboxylic acids is 1. The molecule has 1 aliphatic heterocycles. The van der Waals surface area contributed by atoms with E-state index in [4.69, 9.17) is 14.2 Å². The van der Waals surface area contributed by atoms with Gasteiger partial charge in [0.05, 0.1) is 30.0 Å². The molecule has 0 spiro atoms. The Morgan fingerprint density at radius 1 is 1.27 bits per heavy atom. The van der Waals surface area contributed by atoms with Gasteiger partial charge in [-0.25, -0.2) is 9.79 Å². The molecule has 1 aromatic carbocycles. The van der Waals surface area contributed by atoms with Gasteiger partial charge in [0, 0.05) is 4.88 Å². The van der Waals surface area contributed by atoms with Crippen LogP contribution in [0.25, 0.3) is 6.08 Å². The molecule has 0 fully saturated rings. The van der Waals surface area contributed by atoms with Crippen LogP contribution in [0, 0.1) is 0 Å². The minimum absolute atomic E-state index is 0.225. The Bertz CT molecular complexity index is 1410. The minimum Gasteiger partial charge on any atom is -0.493 e. The van der Waals surface area contributed by atoms with Crippen molar-refractivity contribution in [2.24, 2.45) is 4.99 Å². The second-order valence-corrected chi connectivity index (χ2v) is 9.09. The summed E-state index contributed by atoms with van der Waals surface area (Å²) in [6.07, 6.45) is 3.44. The number of nitrogens with zero attached hydrogens (tertiary/aromatic N) is 2. The van der Waals surface area contributed by atoms with E-state index in [1.54, 1.807) is 42.9 Å². The summed E-state index contributed by atoms with van der Waals surface area (Å²) in [5, 5.41) is 1.91. The van der Waals surface area contributed by atoms with Crippen LogP contribution in [0.3, 0.4) is 0 Å². The quantitative estimate of drug-likeness (QED) is 0.382. The Hall–Kier alpha value is -3.43. The lowest BCUT2D eigenvalue weighted by Crippen LogP contribution is -2.39. The van der Waals surface area contributed by atoms with Crippen LogP contribution >= 0.6 is 22.7 Å². The van der Waals surface area contributed by atoms with E-state index in [9.17, 15) is 9.59 Å². The highest BCUT2D eigenvalue weighted by molar-refractivity contribution is 7.10. The van der Waals surface area contributed by atoms with E-state index in [2.05, 4.69) is 11.6 Å². The van der Waals surface area contributed by atoms with Crippen LogP contribution in [0.15, 0.2) is 69.4 Å². The van der Waals surface area contributed by atoms with Gasteiger partial charge in [0.25, 0.3) is 5.56 Å². The molecule has 1 aliphatic rings. The Morgan fingerprint density at radius 2 is 2.09 bits per heavy atom. The largest absolute Gasteiger partial charge is 0.493 e. The zero-order chi connectivity index (χ0) is 23.5. The number of ether oxygens (including phenoxy) is 3. The topological polar surface area (TPSA) is 79.1 Å². The van der Waals surface area contributed by atoms with Crippen molar-refractivity contribution in [3.8, 4) is 11.5 Å². The summed E-state index contributed by atoms with van der Waals surface area (Å²) in [5.74, 6) is 0.648. The number of esters is 1. The van der Waals surface area contributed by atoms with E-state index in [1.165, 1.54) is 29.8 Å². The first-order valence-electron chi connectivity index (χ1n) is 10.0. The number of carbonyl (C=O) groups is 1. The number of hydrogen-bond acceptors (Lipinski definition) is 8. The van der Waals surface area contributed by atoms with E-state index in [0.29, 0.717) is 38.7 Å². The van der Waals surface area contributed by atoms with Gasteiger partial charge in [-0.3, -0.25) is 9.36 Å². The summed E-state index contributed by atoms with van der Waals surface area (Å²) >= 11 is 2.75. The van der Waals surface area contributed by atoms with Gasteiger partial charge in [-0.15, -0.1) is 11.3 Å². The fourth-order valence-corrected chi connectivity index (χ4v) is 5.47. The molecule has 0 aliphatic carbocycles. The second-order valence-electron chi connectivity index (χ2n) is 7.10. The van der Waals surface area contributed by atoms with Gasteiger partial charge in [0.15, 0.2) is 16.3 Å². The lowest BCUT2D eigenvalue weighted by atomic mass is 10.0. The average Bonchev–Trinajstić information content (AvgIpc) is 3.45. The van der Waals surface area contributed by atoms with E-state index in [1.807, 2.05) is 23.6 Å². The van der Waals surface area contributed by atoms with Crippen LogP contribution in [-0.2, 0) is 9.53 Å². The number of rotatable bonds is 7. The number of allylic oxidation sites excluding steroid dienone is 1. The maximum Gasteiger partial charge on any atom is 0.338 e. The first-order valence-corrected chi connectivity index (χ1v) is 11.7. The summed E-state index contributed by atoms with van der Waals surface area (Å²) < 4.78 is 18.1. The third-order valence-corrected chi connectivity index (χ3v) is 6.99. The van der Waals surface area contributed by atoms with E-state index < -0.39 is 12.0 Å². The van der Waals surface area contributed by atoms with Crippen LogP contribution in [-0.4, -0.2) is 31.4 Å². The summed E-state index contributed by atoms with van der Waals surface area (Å²) in [5.41, 5.74) is 1.46. The maximum atomic E-state index is 13.5. The highest BCUT2D eigenvalue weighted by Gasteiger charge is 2.33. The van der Waals surface area contributed by atoms with Crippen molar-refractivity contribution in [1.82, 2.24) is 4.57 Å². The highest BCUT2D eigenvalue weighted by Crippen LogP contribution is 2.33. The Balaban J connectivity index is 1.86. The van der Waals surface area contributed by atoms with Crippen LogP contribution < -0.4 is 24.4 Å². The van der Waals surface area contributed by atoms with E-state index >= 15 is 0 Å². The fourth-order valence-electron chi connectivity index (χ4n) is 3.60. The molecule has 2 aromatic heterocycles. The van der Waals surface area contributed by atoms with Gasteiger partial charge in [0.1, 0.15) is 12.6 Å². The van der Waals surface area contributed by atoms with Crippen molar-refractivity contribution in [1.29, 1.82) is 0 Å². The van der Waals surface area contributed by atoms with Gasteiger partial charge >= 0.3 is 5.97 Å². The van der Waals surface area contributed by atoms with Crippen molar-refractivity contribution in [3.63, 3.8) is 0 Å². The summed E-state index contributed by atoms with van der Waals surface area (Å²) in [4.78, 5) is 32.0. The smallest absolute Gasteiger partial charge is 0.338 e. The third-order valence-electron chi connectivity index (χ3n) is 5.08. The predicted molar refractivity (Wildman–Crippen MR) is 129 cm³/mol. The lowest BCUT2D eigenvalue weighted by molar-refractivity contribution is -0.136. The molecule has 0 saturated heterocycles. The molecule has 0 unspecified atom stereocenters. The third kappa shape index (κ3) is 4.29. The summed E-state index contributed by atoms with van der Waals surface area (Å²) in [6.45, 7) is 5.77. The molecule has 33 heavy (non-hydrogen) atoms. The van der Waals surface area contributed by atoms with Crippen LogP contribution in [0.4, 0.5) is 0 Å². The summed E-state index contributed by atoms with van der Waals surface area (Å²) in [6, 6.07) is 8.65. The van der Waals surface area contributed by atoms with Crippen LogP contribution in [0.1, 0.15) is 23.4 Å². The lowest BCUT2D eigenvalue weighted by Gasteiger charge is -2.22. The molecule has 3 heterocycles. The summed E-state index contributed by atoms with van der Waals surface area (Å²) in [7, 11) is 2.89. The Morgan fingerprint density at radius 3 is 2.76 bits per heavy atom. The first kappa shape index (κ1) is 22.8. The van der Waals surface area contributed by atoms with E-state index in [0.717, 1.165) is 10.4 Å². The molecule has 7 nitrogen and oxygen atoms in total. The number of benzene rings is 1. The molecule has 3 aromatic rings. The number of fused-ring (bicyclic) bond motifs is 1. The SMILES string of the molecule is C=CCOc1ccc(/C=c2/sc3n(c2=O)[C@H](c2cccs2)C(C(=O)OC)=C(C)N=3)cc1OC.